The van der Waals surface area contributed by atoms with Crippen LogP contribution in [0.3, 0.4) is 0 Å². The minimum absolute atomic E-state index is 0.0493. The first kappa shape index (κ1) is 20.2. The standard InChI is InChI=1S/C22H22FN3O4/c23-17-4-1-15(2-5-17)14-26-21(28)18-6-3-16(13-19(18)22(26)29)20(27)24-7-8-25-9-11-30-12-10-25/h1-6,13H,7-12,14H2,(H,24,27). The van der Waals surface area contributed by atoms with Crippen LogP contribution >= 0.6 is 0 Å². The molecule has 2 aliphatic heterocycles. The van der Waals surface area contributed by atoms with Gasteiger partial charge >= 0.3 is 0 Å². The predicted molar refractivity (Wildman–Crippen MR) is 107 cm³/mol. The molecule has 1 saturated heterocycles. The topological polar surface area (TPSA) is 79.0 Å². The molecule has 0 aliphatic carbocycles. The van der Waals surface area contributed by atoms with Gasteiger partial charge in [-0.15, -0.1) is 0 Å². The van der Waals surface area contributed by atoms with E-state index in [0.717, 1.165) is 24.5 Å². The fourth-order valence-electron chi connectivity index (χ4n) is 3.60. The summed E-state index contributed by atoms with van der Waals surface area (Å²) in [4.78, 5) is 41.2. The van der Waals surface area contributed by atoms with Gasteiger partial charge < -0.3 is 10.1 Å². The van der Waals surface area contributed by atoms with Gasteiger partial charge in [-0.2, -0.15) is 0 Å². The van der Waals surface area contributed by atoms with E-state index in [0.29, 0.717) is 30.9 Å². The van der Waals surface area contributed by atoms with Crippen LogP contribution in [0, 0.1) is 5.82 Å². The normalized spacial score (nSPS) is 16.6. The Bertz CT molecular complexity index is 971. The SMILES string of the molecule is O=C(NCCN1CCOCC1)c1ccc2c(c1)C(=O)N(Cc1ccc(F)cc1)C2=O. The molecule has 0 unspecified atom stereocenters. The molecule has 0 radical (unpaired) electrons. The first-order chi connectivity index (χ1) is 14.5. The fraction of sp³-hybridized carbons (Fsp3) is 0.318. The molecule has 8 heteroatoms. The van der Waals surface area contributed by atoms with E-state index in [1.807, 2.05) is 0 Å². The Morgan fingerprint density at radius 1 is 1.00 bits per heavy atom. The lowest BCUT2D eigenvalue weighted by atomic mass is 10.1. The highest BCUT2D eigenvalue weighted by Gasteiger charge is 2.36. The summed E-state index contributed by atoms with van der Waals surface area (Å²) < 4.78 is 18.4. The molecule has 2 aromatic rings. The minimum atomic E-state index is -0.456. The van der Waals surface area contributed by atoms with Crippen LogP contribution < -0.4 is 5.32 Å². The second kappa shape index (κ2) is 8.73. The molecule has 156 valence electrons. The van der Waals surface area contributed by atoms with E-state index in [2.05, 4.69) is 10.2 Å². The van der Waals surface area contributed by atoms with Crippen molar-refractivity contribution in [3.8, 4) is 0 Å². The van der Waals surface area contributed by atoms with Gasteiger partial charge in [-0.1, -0.05) is 12.1 Å². The van der Waals surface area contributed by atoms with Crippen molar-refractivity contribution in [3.05, 3.63) is 70.5 Å². The summed E-state index contributed by atoms with van der Waals surface area (Å²) in [7, 11) is 0. The highest BCUT2D eigenvalue weighted by molar-refractivity contribution is 6.22. The molecule has 1 fully saturated rings. The number of rotatable bonds is 6. The lowest BCUT2D eigenvalue weighted by molar-refractivity contribution is 0.0383. The molecule has 4 rings (SSSR count). The van der Waals surface area contributed by atoms with Gasteiger partial charge in [0.15, 0.2) is 0 Å². The number of morpholine rings is 1. The smallest absolute Gasteiger partial charge is 0.261 e. The number of hydrogen-bond donors (Lipinski definition) is 1. The van der Waals surface area contributed by atoms with Gasteiger partial charge in [-0.3, -0.25) is 24.2 Å². The zero-order valence-corrected chi connectivity index (χ0v) is 16.4. The first-order valence-electron chi connectivity index (χ1n) is 9.86. The molecule has 0 aromatic heterocycles. The van der Waals surface area contributed by atoms with Gasteiger partial charge in [0.2, 0.25) is 0 Å². The molecule has 2 aromatic carbocycles. The van der Waals surface area contributed by atoms with E-state index in [1.165, 1.54) is 36.4 Å². The number of carbonyl (C=O) groups is 3. The van der Waals surface area contributed by atoms with E-state index >= 15 is 0 Å². The van der Waals surface area contributed by atoms with Crippen molar-refractivity contribution in [1.82, 2.24) is 15.1 Å². The zero-order valence-electron chi connectivity index (χ0n) is 16.4. The first-order valence-corrected chi connectivity index (χ1v) is 9.86. The third-order valence-corrected chi connectivity index (χ3v) is 5.30. The number of imide groups is 1. The van der Waals surface area contributed by atoms with E-state index in [9.17, 15) is 18.8 Å². The summed E-state index contributed by atoms with van der Waals surface area (Å²) in [5.41, 5.74) is 1.46. The number of ether oxygens (including phenoxy) is 1. The van der Waals surface area contributed by atoms with E-state index in [-0.39, 0.29) is 29.4 Å². The van der Waals surface area contributed by atoms with Crippen LogP contribution in [0.2, 0.25) is 0 Å². The molecular weight excluding hydrogens is 389 g/mol. The lowest BCUT2D eigenvalue weighted by Crippen LogP contribution is -2.41. The van der Waals surface area contributed by atoms with Gasteiger partial charge in [0.25, 0.3) is 17.7 Å². The van der Waals surface area contributed by atoms with Gasteiger partial charge in [0, 0.05) is 31.7 Å². The third-order valence-electron chi connectivity index (χ3n) is 5.30. The molecule has 3 amide bonds. The van der Waals surface area contributed by atoms with Crippen molar-refractivity contribution in [2.24, 2.45) is 0 Å². The van der Waals surface area contributed by atoms with Crippen LogP contribution in [-0.4, -0.2) is 66.9 Å². The van der Waals surface area contributed by atoms with Crippen LogP contribution in [0.4, 0.5) is 4.39 Å². The number of benzene rings is 2. The lowest BCUT2D eigenvalue weighted by Gasteiger charge is -2.26. The second-order valence-electron chi connectivity index (χ2n) is 7.29. The second-order valence-corrected chi connectivity index (χ2v) is 7.29. The van der Waals surface area contributed by atoms with Crippen LogP contribution in [0.1, 0.15) is 36.6 Å². The minimum Gasteiger partial charge on any atom is -0.379 e. The number of hydrogen-bond acceptors (Lipinski definition) is 5. The molecule has 0 saturated carbocycles. The van der Waals surface area contributed by atoms with Crippen molar-refractivity contribution in [1.29, 1.82) is 0 Å². The summed E-state index contributed by atoms with van der Waals surface area (Å²) in [6, 6.07) is 10.2. The molecule has 7 nitrogen and oxygen atoms in total. The average Bonchev–Trinajstić information content (AvgIpc) is 3.00. The highest BCUT2D eigenvalue weighted by Crippen LogP contribution is 2.25. The Kier molecular flexibility index (Phi) is 5.87. The van der Waals surface area contributed by atoms with Gasteiger partial charge in [-0.25, -0.2) is 4.39 Å². The predicted octanol–water partition coefficient (Wildman–Crippen LogP) is 1.68. The molecule has 30 heavy (non-hydrogen) atoms. The number of nitrogens with one attached hydrogen (secondary N) is 1. The monoisotopic (exact) mass is 411 g/mol. The van der Waals surface area contributed by atoms with Crippen LogP contribution in [0.5, 0.6) is 0 Å². The number of amides is 3. The Labute approximate surface area is 173 Å². The quantitative estimate of drug-likeness (QED) is 0.732. The highest BCUT2D eigenvalue weighted by atomic mass is 19.1. The molecule has 0 spiro atoms. The Balaban J connectivity index is 1.40. The summed E-state index contributed by atoms with van der Waals surface area (Å²) in [6.07, 6.45) is 0. The number of carbonyl (C=O) groups excluding carboxylic acids is 3. The zero-order chi connectivity index (χ0) is 21.1. The van der Waals surface area contributed by atoms with E-state index in [4.69, 9.17) is 4.74 Å². The summed E-state index contributed by atoms with van der Waals surface area (Å²) in [5, 5.41) is 2.85. The Morgan fingerprint density at radius 3 is 2.43 bits per heavy atom. The molecule has 2 aliphatic rings. The largest absolute Gasteiger partial charge is 0.379 e. The Morgan fingerprint density at radius 2 is 1.70 bits per heavy atom. The summed E-state index contributed by atoms with van der Waals surface area (Å²) >= 11 is 0. The van der Waals surface area contributed by atoms with Crippen molar-refractivity contribution < 1.29 is 23.5 Å². The van der Waals surface area contributed by atoms with Gasteiger partial charge in [0.05, 0.1) is 30.9 Å². The molecular formula is C22H22FN3O4. The van der Waals surface area contributed by atoms with Crippen molar-refractivity contribution in [2.75, 3.05) is 39.4 Å². The Hall–Kier alpha value is -3.10. The summed E-state index contributed by atoms with van der Waals surface area (Å²) in [5.74, 6) is -1.55. The third kappa shape index (κ3) is 4.24. The van der Waals surface area contributed by atoms with E-state index in [1.54, 1.807) is 6.07 Å². The maximum atomic E-state index is 13.1. The molecule has 0 bridgehead atoms. The van der Waals surface area contributed by atoms with Gasteiger partial charge in [-0.05, 0) is 35.9 Å². The fourth-order valence-corrected chi connectivity index (χ4v) is 3.60. The van der Waals surface area contributed by atoms with Gasteiger partial charge in [0.1, 0.15) is 5.82 Å². The molecule has 2 heterocycles. The maximum absolute atomic E-state index is 13.1. The van der Waals surface area contributed by atoms with Crippen LogP contribution in [0.15, 0.2) is 42.5 Å². The molecule has 0 atom stereocenters. The van der Waals surface area contributed by atoms with Crippen molar-refractivity contribution in [2.45, 2.75) is 6.54 Å². The molecule has 1 N–H and O–H groups in total. The van der Waals surface area contributed by atoms with Crippen molar-refractivity contribution in [3.63, 3.8) is 0 Å². The average molecular weight is 411 g/mol. The van der Waals surface area contributed by atoms with Crippen LogP contribution in [-0.2, 0) is 11.3 Å². The summed E-state index contributed by atoms with van der Waals surface area (Å²) in [6.45, 7) is 4.34. The van der Waals surface area contributed by atoms with Crippen molar-refractivity contribution >= 4 is 17.7 Å². The maximum Gasteiger partial charge on any atom is 0.261 e. The number of nitrogens with zero attached hydrogens (tertiary/aromatic N) is 2. The number of fused-ring (bicyclic) bond motifs is 1. The number of halogens is 1. The van der Waals surface area contributed by atoms with Crippen LogP contribution in [0.25, 0.3) is 0 Å². The van der Waals surface area contributed by atoms with E-state index < -0.39 is 11.8 Å².